The first kappa shape index (κ1) is 16.4. The van der Waals surface area contributed by atoms with Gasteiger partial charge in [0.15, 0.2) is 6.61 Å². The van der Waals surface area contributed by atoms with Gasteiger partial charge in [-0.15, -0.1) is 0 Å². The van der Waals surface area contributed by atoms with Crippen LogP contribution in [0.2, 0.25) is 0 Å². The van der Waals surface area contributed by atoms with E-state index < -0.39 is 4.92 Å². The molecule has 0 bridgehead atoms. The van der Waals surface area contributed by atoms with Gasteiger partial charge in [0, 0.05) is 11.6 Å². The van der Waals surface area contributed by atoms with Crippen molar-refractivity contribution in [3.05, 3.63) is 64.0 Å². The molecule has 0 fully saturated rings. The van der Waals surface area contributed by atoms with E-state index in [2.05, 4.69) is 10.1 Å². The molecule has 128 valence electrons. The van der Waals surface area contributed by atoms with Gasteiger partial charge in [-0.05, 0) is 37.3 Å². The molecule has 0 radical (unpaired) electrons. The lowest BCUT2D eigenvalue weighted by atomic mass is 10.2. The number of ether oxygens (including phenoxy) is 2. The molecule has 0 spiro atoms. The molecule has 0 saturated carbocycles. The summed E-state index contributed by atoms with van der Waals surface area (Å²) in [6.45, 7) is 1.65. The Bertz CT molecular complexity index is 890. The van der Waals surface area contributed by atoms with E-state index in [1.807, 2.05) is 12.1 Å². The number of nitrogens with zero attached hydrogens (tertiary/aromatic N) is 3. The highest BCUT2D eigenvalue weighted by Gasteiger charge is 2.15. The molecule has 3 aromatic rings. The summed E-state index contributed by atoms with van der Waals surface area (Å²) in [5.74, 6) is 1.84. The van der Waals surface area contributed by atoms with Gasteiger partial charge in [0.2, 0.25) is 5.82 Å². The summed E-state index contributed by atoms with van der Waals surface area (Å²) in [4.78, 5) is 14.8. The van der Waals surface area contributed by atoms with Gasteiger partial charge in [-0.3, -0.25) is 10.1 Å². The van der Waals surface area contributed by atoms with Crippen LogP contribution in [0.15, 0.2) is 47.0 Å². The first-order chi connectivity index (χ1) is 12.1. The van der Waals surface area contributed by atoms with Crippen LogP contribution in [-0.4, -0.2) is 22.2 Å². The van der Waals surface area contributed by atoms with Crippen LogP contribution in [0.1, 0.15) is 11.5 Å². The van der Waals surface area contributed by atoms with Crippen LogP contribution >= 0.6 is 0 Å². The third-order valence-electron chi connectivity index (χ3n) is 3.62. The number of rotatable bonds is 6. The average Bonchev–Trinajstić information content (AvgIpc) is 3.09. The van der Waals surface area contributed by atoms with Gasteiger partial charge in [0.25, 0.3) is 11.6 Å². The van der Waals surface area contributed by atoms with Gasteiger partial charge in [0.05, 0.1) is 17.6 Å². The molecule has 0 saturated heterocycles. The van der Waals surface area contributed by atoms with E-state index in [4.69, 9.17) is 14.0 Å². The highest BCUT2D eigenvalue weighted by atomic mass is 16.6. The molecule has 3 rings (SSSR count). The molecule has 1 heterocycles. The first-order valence-electron chi connectivity index (χ1n) is 7.42. The number of hydrogen-bond donors (Lipinski definition) is 0. The van der Waals surface area contributed by atoms with E-state index in [-0.39, 0.29) is 18.2 Å². The van der Waals surface area contributed by atoms with Crippen LogP contribution in [0.25, 0.3) is 11.4 Å². The Labute approximate surface area is 143 Å². The third-order valence-corrected chi connectivity index (χ3v) is 3.62. The number of hydrogen-bond acceptors (Lipinski definition) is 7. The van der Waals surface area contributed by atoms with Crippen LogP contribution in [-0.2, 0) is 6.61 Å². The summed E-state index contributed by atoms with van der Waals surface area (Å²) in [5.41, 5.74) is 1.23. The molecule has 0 aliphatic carbocycles. The smallest absolute Gasteiger partial charge is 0.276 e. The molecular formula is C17H15N3O5. The number of nitro benzene ring substituents is 1. The van der Waals surface area contributed by atoms with Crippen molar-refractivity contribution < 1.29 is 18.9 Å². The largest absolute Gasteiger partial charge is 0.497 e. The molecule has 8 nitrogen and oxygen atoms in total. The lowest BCUT2D eigenvalue weighted by molar-refractivity contribution is -0.385. The second kappa shape index (κ2) is 7.00. The summed E-state index contributed by atoms with van der Waals surface area (Å²) in [6.07, 6.45) is 0. The van der Waals surface area contributed by atoms with Crippen LogP contribution in [0.4, 0.5) is 5.69 Å². The maximum atomic E-state index is 11.0. The van der Waals surface area contributed by atoms with Crippen LogP contribution in [0.3, 0.4) is 0 Å². The van der Waals surface area contributed by atoms with E-state index in [9.17, 15) is 10.1 Å². The Balaban J connectivity index is 1.72. The maximum absolute atomic E-state index is 11.0. The average molecular weight is 341 g/mol. The predicted octanol–water partition coefficient (Wildman–Crippen LogP) is 3.54. The zero-order valence-corrected chi connectivity index (χ0v) is 13.6. The van der Waals surface area contributed by atoms with Crippen molar-refractivity contribution in [2.75, 3.05) is 7.11 Å². The molecular weight excluding hydrogens is 326 g/mol. The fourth-order valence-corrected chi connectivity index (χ4v) is 2.27. The fraction of sp³-hybridized carbons (Fsp3) is 0.176. The molecule has 0 aliphatic heterocycles. The molecule has 0 unspecified atom stereocenters. The number of aromatic nitrogens is 2. The van der Waals surface area contributed by atoms with Gasteiger partial charge < -0.3 is 14.0 Å². The van der Waals surface area contributed by atoms with E-state index >= 15 is 0 Å². The standard InChI is InChI=1S/C17H15N3O5/c1-11-14(20(21)22)4-3-5-15(11)24-10-16-18-17(19-25-16)12-6-8-13(23-2)9-7-12/h3-9H,10H2,1-2H3. The van der Waals surface area contributed by atoms with Crippen LogP contribution in [0, 0.1) is 17.0 Å². The predicted molar refractivity (Wildman–Crippen MR) is 88.5 cm³/mol. The minimum atomic E-state index is -0.448. The summed E-state index contributed by atoms with van der Waals surface area (Å²) in [6, 6.07) is 11.9. The van der Waals surface area contributed by atoms with Crippen molar-refractivity contribution in [3.63, 3.8) is 0 Å². The van der Waals surface area contributed by atoms with Crippen molar-refractivity contribution in [3.8, 4) is 22.9 Å². The molecule has 0 atom stereocenters. The topological polar surface area (TPSA) is 101 Å². The van der Waals surface area contributed by atoms with Crippen molar-refractivity contribution in [2.45, 2.75) is 13.5 Å². The molecule has 2 aromatic carbocycles. The van der Waals surface area contributed by atoms with Crippen molar-refractivity contribution in [2.24, 2.45) is 0 Å². The fourth-order valence-electron chi connectivity index (χ4n) is 2.27. The molecule has 0 amide bonds. The van der Waals surface area contributed by atoms with Crippen molar-refractivity contribution in [1.82, 2.24) is 10.1 Å². The minimum Gasteiger partial charge on any atom is -0.497 e. The quantitative estimate of drug-likeness (QED) is 0.499. The first-order valence-corrected chi connectivity index (χ1v) is 7.42. The molecule has 8 heteroatoms. The molecule has 25 heavy (non-hydrogen) atoms. The Hall–Kier alpha value is -3.42. The highest BCUT2D eigenvalue weighted by molar-refractivity contribution is 5.55. The third kappa shape index (κ3) is 3.57. The van der Waals surface area contributed by atoms with E-state index in [0.29, 0.717) is 17.1 Å². The Kier molecular flexibility index (Phi) is 4.60. The van der Waals surface area contributed by atoms with Gasteiger partial charge in [-0.25, -0.2) is 0 Å². The normalized spacial score (nSPS) is 10.5. The van der Waals surface area contributed by atoms with E-state index in [0.717, 1.165) is 11.3 Å². The lowest BCUT2D eigenvalue weighted by Gasteiger charge is -2.06. The zero-order chi connectivity index (χ0) is 17.8. The molecule has 0 aliphatic rings. The Morgan fingerprint density at radius 1 is 1.20 bits per heavy atom. The SMILES string of the molecule is COc1ccc(-c2noc(COc3cccc([N+](=O)[O-])c3C)n2)cc1. The van der Waals surface area contributed by atoms with E-state index in [1.165, 1.54) is 6.07 Å². The van der Waals surface area contributed by atoms with Crippen LogP contribution < -0.4 is 9.47 Å². The maximum Gasteiger partial charge on any atom is 0.276 e. The molecule has 0 N–H and O–H groups in total. The van der Waals surface area contributed by atoms with Gasteiger partial charge in [0.1, 0.15) is 11.5 Å². The summed E-state index contributed by atoms with van der Waals surface area (Å²) in [7, 11) is 1.59. The second-order valence-corrected chi connectivity index (χ2v) is 5.19. The molecule has 1 aromatic heterocycles. The second-order valence-electron chi connectivity index (χ2n) is 5.19. The van der Waals surface area contributed by atoms with E-state index in [1.54, 1.807) is 38.3 Å². The summed E-state index contributed by atoms with van der Waals surface area (Å²) >= 11 is 0. The van der Waals surface area contributed by atoms with Gasteiger partial charge >= 0.3 is 0 Å². The zero-order valence-electron chi connectivity index (χ0n) is 13.6. The van der Waals surface area contributed by atoms with Gasteiger partial charge in [-0.1, -0.05) is 11.2 Å². The Morgan fingerprint density at radius 3 is 2.64 bits per heavy atom. The van der Waals surface area contributed by atoms with Crippen molar-refractivity contribution in [1.29, 1.82) is 0 Å². The minimum absolute atomic E-state index is 0.00181. The highest BCUT2D eigenvalue weighted by Crippen LogP contribution is 2.27. The Morgan fingerprint density at radius 2 is 1.96 bits per heavy atom. The van der Waals surface area contributed by atoms with Crippen molar-refractivity contribution >= 4 is 5.69 Å². The van der Waals surface area contributed by atoms with Gasteiger partial charge in [-0.2, -0.15) is 4.98 Å². The number of benzene rings is 2. The number of nitro groups is 1. The lowest BCUT2D eigenvalue weighted by Crippen LogP contribution is -1.99. The van der Waals surface area contributed by atoms with Crippen LogP contribution in [0.5, 0.6) is 11.5 Å². The summed E-state index contributed by atoms with van der Waals surface area (Å²) in [5, 5.41) is 14.9. The monoisotopic (exact) mass is 341 g/mol. The number of methoxy groups -OCH3 is 1. The summed E-state index contributed by atoms with van der Waals surface area (Å²) < 4.78 is 15.8.